The zero-order valence-electron chi connectivity index (χ0n) is 17.6. The molecule has 0 aliphatic carbocycles. The fourth-order valence-corrected chi connectivity index (χ4v) is 4.43. The van der Waals surface area contributed by atoms with Gasteiger partial charge in [-0.05, 0) is 37.1 Å². The van der Waals surface area contributed by atoms with E-state index in [1.807, 2.05) is 53.1 Å². The van der Waals surface area contributed by atoms with Gasteiger partial charge in [0.25, 0.3) is 5.91 Å². The van der Waals surface area contributed by atoms with Crippen LogP contribution in [0.5, 0.6) is 0 Å². The average molecular weight is 388 g/mol. The Labute approximate surface area is 168 Å². The van der Waals surface area contributed by atoms with E-state index in [0.717, 1.165) is 63.4 Å². The lowest BCUT2D eigenvalue weighted by molar-refractivity contribution is 0.0301. The van der Waals surface area contributed by atoms with E-state index in [4.69, 9.17) is 0 Å². The zero-order chi connectivity index (χ0) is 20.3. The molecule has 2 aliphatic heterocycles. The third-order valence-electron chi connectivity index (χ3n) is 6.36. The molecule has 0 radical (unpaired) electrons. The number of amides is 3. The van der Waals surface area contributed by atoms with E-state index in [0.29, 0.717) is 0 Å². The summed E-state index contributed by atoms with van der Waals surface area (Å²) in [4.78, 5) is 33.3. The van der Waals surface area contributed by atoms with Crippen LogP contribution >= 0.6 is 0 Å². The molecule has 0 spiro atoms. The summed E-state index contributed by atoms with van der Waals surface area (Å²) in [5.74, 6) is 0.105. The molecule has 2 fully saturated rings. The molecule has 0 saturated carbocycles. The fraction of sp³-hybridized carbons (Fsp3) is 0.619. The number of hydrogen-bond donors (Lipinski definition) is 1. The summed E-state index contributed by atoms with van der Waals surface area (Å²) in [5, 5.41) is 2.74. The molecule has 0 aromatic heterocycles. The van der Waals surface area contributed by atoms with Gasteiger partial charge in [-0.25, -0.2) is 4.79 Å². The Morgan fingerprint density at radius 1 is 1.04 bits per heavy atom. The fourth-order valence-electron chi connectivity index (χ4n) is 4.43. The number of piperazine rings is 1. The standard InChI is InChI=1S/C21H33N5O2/c1-5-21(10-11-25(16-21)20(28)22-2)26-14-12-24(13-15-26)19(27)17-6-8-18(9-7-17)23(3)4/h6-9H,5,10-16H2,1-4H3,(H,22,28). The first-order valence-electron chi connectivity index (χ1n) is 10.2. The molecule has 3 amide bonds. The van der Waals surface area contributed by atoms with E-state index in [-0.39, 0.29) is 17.5 Å². The lowest BCUT2D eigenvalue weighted by Gasteiger charge is -2.45. The molecule has 154 valence electrons. The molecule has 28 heavy (non-hydrogen) atoms. The van der Waals surface area contributed by atoms with Crippen molar-refractivity contribution in [2.45, 2.75) is 25.3 Å². The van der Waals surface area contributed by atoms with Crippen molar-refractivity contribution in [3.05, 3.63) is 29.8 Å². The molecule has 3 rings (SSSR count). The number of anilines is 1. The molecule has 2 saturated heterocycles. The van der Waals surface area contributed by atoms with Gasteiger partial charge in [0.2, 0.25) is 0 Å². The number of likely N-dealkylation sites (tertiary alicyclic amines) is 1. The summed E-state index contributed by atoms with van der Waals surface area (Å²) in [7, 11) is 5.67. The van der Waals surface area contributed by atoms with E-state index >= 15 is 0 Å². The first kappa shape index (κ1) is 20.5. The van der Waals surface area contributed by atoms with Gasteiger partial charge in [0, 0.05) is 77.2 Å². The second-order valence-electron chi connectivity index (χ2n) is 8.03. The first-order chi connectivity index (χ1) is 13.4. The van der Waals surface area contributed by atoms with Gasteiger partial charge in [0.15, 0.2) is 0 Å². The third-order valence-corrected chi connectivity index (χ3v) is 6.36. The van der Waals surface area contributed by atoms with Crippen LogP contribution in [0.2, 0.25) is 0 Å². The normalized spacial score (nSPS) is 23.0. The molecule has 2 heterocycles. The number of rotatable bonds is 4. The molecular weight excluding hydrogens is 354 g/mol. The smallest absolute Gasteiger partial charge is 0.317 e. The van der Waals surface area contributed by atoms with Crippen LogP contribution in [0.4, 0.5) is 10.5 Å². The van der Waals surface area contributed by atoms with Crippen molar-refractivity contribution in [2.75, 3.05) is 65.3 Å². The quantitative estimate of drug-likeness (QED) is 0.854. The summed E-state index contributed by atoms with van der Waals surface area (Å²) in [6, 6.07) is 7.80. The minimum atomic E-state index is 0.00492. The van der Waals surface area contributed by atoms with Gasteiger partial charge in [-0.2, -0.15) is 0 Å². The second kappa shape index (κ2) is 8.39. The van der Waals surface area contributed by atoms with E-state index in [1.165, 1.54) is 0 Å². The van der Waals surface area contributed by atoms with Crippen molar-refractivity contribution < 1.29 is 9.59 Å². The first-order valence-corrected chi connectivity index (χ1v) is 10.2. The van der Waals surface area contributed by atoms with E-state index in [9.17, 15) is 9.59 Å². The van der Waals surface area contributed by atoms with E-state index in [2.05, 4.69) is 17.1 Å². The second-order valence-corrected chi connectivity index (χ2v) is 8.03. The zero-order valence-corrected chi connectivity index (χ0v) is 17.6. The molecule has 1 aromatic carbocycles. The van der Waals surface area contributed by atoms with Gasteiger partial charge in [-0.3, -0.25) is 9.69 Å². The molecule has 1 atom stereocenters. The number of carbonyl (C=O) groups excluding carboxylic acids is 2. The molecule has 1 unspecified atom stereocenters. The largest absolute Gasteiger partial charge is 0.378 e. The van der Waals surface area contributed by atoms with Crippen LogP contribution in [0, 0.1) is 0 Å². The van der Waals surface area contributed by atoms with Crippen LogP contribution in [-0.2, 0) is 0 Å². The minimum absolute atomic E-state index is 0.00492. The van der Waals surface area contributed by atoms with Crippen LogP contribution in [0.15, 0.2) is 24.3 Å². The van der Waals surface area contributed by atoms with Gasteiger partial charge in [-0.15, -0.1) is 0 Å². The number of nitrogens with zero attached hydrogens (tertiary/aromatic N) is 4. The van der Waals surface area contributed by atoms with Crippen LogP contribution in [-0.4, -0.2) is 92.6 Å². The number of hydrogen-bond acceptors (Lipinski definition) is 4. The highest BCUT2D eigenvalue weighted by Gasteiger charge is 2.44. The highest BCUT2D eigenvalue weighted by Crippen LogP contribution is 2.32. The molecule has 1 N–H and O–H groups in total. The summed E-state index contributed by atoms with van der Waals surface area (Å²) < 4.78 is 0. The summed E-state index contributed by atoms with van der Waals surface area (Å²) >= 11 is 0. The number of nitrogens with one attached hydrogen (secondary N) is 1. The number of carbonyl (C=O) groups is 2. The predicted octanol–water partition coefficient (Wildman–Crippen LogP) is 1.70. The molecule has 0 bridgehead atoms. The predicted molar refractivity (Wildman–Crippen MR) is 112 cm³/mol. The molecule has 7 heteroatoms. The van der Waals surface area contributed by atoms with Gasteiger partial charge >= 0.3 is 6.03 Å². The Balaban J connectivity index is 1.60. The van der Waals surface area contributed by atoms with Crippen LogP contribution in [0.3, 0.4) is 0 Å². The average Bonchev–Trinajstić information content (AvgIpc) is 3.19. The minimum Gasteiger partial charge on any atom is -0.378 e. The number of benzene rings is 1. The van der Waals surface area contributed by atoms with Crippen LogP contribution < -0.4 is 10.2 Å². The van der Waals surface area contributed by atoms with Crippen molar-refractivity contribution in [1.29, 1.82) is 0 Å². The maximum Gasteiger partial charge on any atom is 0.317 e. The van der Waals surface area contributed by atoms with Crippen molar-refractivity contribution in [2.24, 2.45) is 0 Å². The SMILES string of the molecule is CCC1(N2CCN(C(=O)c3ccc(N(C)C)cc3)CC2)CCN(C(=O)NC)C1. The van der Waals surface area contributed by atoms with Gasteiger partial charge in [-0.1, -0.05) is 6.92 Å². The molecule has 2 aliphatic rings. The van der Waals surface area contributed by atoms with Gasteiger partial charge in [0.1, 0.15) is 0 Å². The summed E-state index contributed by atoms with van der Waals surface area (Å²) in [6.07, 6.45) is 2.01. The lowest BCUT2D eigenvalue weighted by atomic mass is 9.92. The van der Waals surface area contributed by atoms with Crippen LogP contribution in [0.25, 0.3) is 0 Å². The summed E-state index contributed by atoms with van der Waals surface area (Å²) in [6.45, 7) is 6.95. The van der Waals surface area contributed by atoms with E-state index in [1.54, 1.807) is 7.05 Å². The molecular formula is C21H33N5O2. The highest BCUT2D eigenvalue weighted by atomic mass is 16.2. The van der Waals surface area contributed by atoms with Crippen molar-refractivity contribution >= 4 is 17.6 Å². The Hall–Kier alpha value is -2.28. The van der Waals surface area contributed by atoms with Gasteiger partial charge in [0.05, 0.1) is 0 Å². The van der Waals surface area contributed by atoms with E-state index < -0.39 is 0 Å². The van der Waals surface area contributed by atoms with Crippen molar-refractivity contribution in [3.63, 3.8) is 0 Å². The Kier molecular flexibility index (Phi) is 6.13. The third kappa shape index (κ3) is 3.94. The Morgan fingerprint density at radius 2 is 1.68 bits per heavy atom. The molecule has 7 nitrogen and oxygen atoms in total. The Bertz CT molecular complexity index is 697. The lowest BCUT2D eigenvalue weighted by Crippen LogP contribution is -2.59. The number of urea groups is 1. The highest BCUT2D eigenvalue weighted by molar-refractivity contribution is 5.94. The monoisotopic (exact) mass is 387 g/mol. The summed E-state index contributed by atoms with van der Waals surface area (Å²) in [5.41, 5.74) is 1.87. The van der Waals surface area contributed by atoms with Gasteiger partial charge < -0.3 is 20.0 Å². The Morgan fingerprint density at radius 3 is 2.21 bits per heavy atom. The van der Waals surface area contributed by atoms with Crippen molar-refractivity contribution in [1.82, 2.24) is 20.0 Å². The maximum atomic E-state index is 12.9. The maximum absolute atomic E-state index is 12.9. The topological polar surface area (TPSA) is 59.1 Å². The molecule has 1 aromatic rings. The van der Waals surface area contributed by atoms with Crippen molar-refractivity contribution in [3.8, 4) is 0 Å². The van der Waals surface area contributed by atoms with Crippen LogP contribution in [0.1, 0.15) is 30.1 Å².